The van der Waals surface area contributed by atoms with Gasteiger partial charge in [-0.3, -0.25) is 0 Å². The van der Waals surface area contributed by atoms with Gasteiger partial charge in [0.1, 0.15) is 0 Å². The van der Waals surface area contributed by atoms with E-state index in [1.54, 1.807) is 19.1 Å². The molecule has 1 saturated carbocycles. The first-order valence-electron chi connectivity index (χ1n) is 11.5. The van der Waals surface area contributed by atoms with Gasteiger partial charge >= 0.3 is 0 Å². The van der Waals surface area contributed by atoms with Gasteiger partial charge < -0.3 is 9.84 Å². The smallest absolute Gasteiger partial charge is 0.200 e. The summed E-state index contributed by atoms with van der Waals surface area (Å²) in [5, 5.41) is 10.7. The van der Waals surface area contributed by atoms with Crippen molar-refractivity contribution >= 4 is 0 Å². The maximum Gasteiger partial charge on any atom is 0.200 e. The molecule has 2 nitrogen and oxygen atoms in total. The van der Waals surface area contributed by atoms with Gasteiger partial charge in [-0.1, -0.05) is 44.4 Å². The molecule has 2 unspecified atom stereocenters. The van der Waals surface area contributed by atoms with Crippen LogP contribution >= 0.6 is 0 Å². The Bertz CT molecular complexity index is 694. The van der Waals surface area contributed by atoms with Crippen LogP contribution in [0.25, 0.3) is 0 Å². The molecule has 162 valence electrons. The van der Waals surface area contributed by atoms with E-state index < -0.39 is 17.2 Å². The molecule has 1 fully saturated rings. The first-order valence-corrected chi connectivity index (χ1v) is 11.5. The summed E-state index contributed by atoms with van der Waals surface area (Å²) in [6, 6.07) is 3.26. The zero-order valence-corrected chi connectivity index (χ0v) is 17.9. The standard InChI is InChI=1S/C25H36F2O2/c1-3-5-6-15-25(28)16-13-19(14-17-25)18-7-9-20(10-8-18)21-11-12-22(29-4-2)24(27)23(21)26/h11-13,16,18-20,28H,3-10,14-15,17H2,1-2H3/t18-,19?,20-,25?. The van der Waals surface area contributed by atoms with E-state index >= 15 is 0 Å². The van der Waals surface area contributed by atoms with Crippen LogP contribution in [0.4, 0.5) is 8.78 Å². The summed E-state index contributed by atoms with van der Waals surface area (Å²) in [5.41, 5.74) is -0.125. The Morgan fingerprint density at radius 1 is 1.03 bits per heavy atom. The lowest BCUT2D eigenvalue weighted by Gasteiger charge is -2.37. The van der Waals surface area contributed by atoms with Crippen molar-refractivity contribution in [2.45, 2.75) is 89.6 Å². The highest BCUT2D eigenvalue weighted by Crippen LogP contribution is 2.44. The van der Waals surface area contributed by atoms with Crippen LogP contribution in [0.5, 0.6) is 5.75 Å². The van der Waals surface area contributed by atoms with Crippen LogP contribution in [0.3, 0.4) is 0 Å². The van der Waals surface area contributed by atoms with Gasteiger partial charge in [0, 0.05) is 0 Å². The third kappa shape index (κ3) is 5.39. The summed E-state index contributed by atoms with van der Waals surface area (Å²) in [6.45, 7) is 4.27. The van der Waals surface area contributed by atoms with Crippen LogP contribution in [0.2, 0.25) is 0 Å². The summed E-state index contributed by atoms with van der Waals surface area (Å²) in [4.78, 5) is 0. The quantitative estimate of drug-likeness (QED) is 0.375. The minimum absolute atomic E-state index is 0.00111. The Labute approximate surface area is 174 Å². The van der Waals surface area contributed by atoms with E-state index in [9.17, 15) is 13.9 Å². The monoisotopic (exact) mass is 406 g/mol. The topological polar surface area (TPSA) is 29.5 Å². The molecule has 3 rings (SSSR count). The Morgan fingerprint density at radius 3 is 2.41 bits per heavy atom. The number of halogens is 2. The van der Waals surface area contributed by atoms with Gasteiger partial charge in [-0.05, 0) is 81.3 Å². The van der Waals surface area contributed by atoms with Gasteiger partial charge in [-0.15, -0.1) is 0 Å². The van der Waals surface area contributed by atoms with Crippen molar-refractivity contribution in [2.24, 2.45) is 11.8 Å². The van der Waals surface area contributed by atoms with Crippen molar-refractivity contribution in [3.8, 4) is 5.75 Å². The lowest BCUT2D eigenvalue weighted by molar-refractivity contribution is 0.0508. The molecule has 1 aromatic rings. The molecule has 4 heteroatoms. The van der Waals surface area contributed by atoms with Crippen molar-refractivity contribution in [3.05, 3.63) is 41.5 Å². The Balaban J connectivity index is 1.56. The third-order valence-electron chi connectivity index (χ3n) is 6.97. The first-order chi connectivity index (χ1) is 14.0. The van der Waals surface area contributed by atoms with Crippen LogP contribution in [-0.4, -0.2) is 17.3 Å². The van der Waals surface area contributed by atoms with Gasteiger partial charge in [-0.2, -0.15) is 4.39 Å². The molecule has 0 bridgehead atoms. The lowest BCUT2D eigenvalue weighted by atomic mass is 9.69. The highest BCUT2D eigenvalue weighted by atomic mass is 19.2. The van der Waals surface area contributed by atoms with Gasteiger partial charge in [0.15, 0.2) is 11.6 Å². The number of allylic oxidation sites excluding steroid dienone is 1. The van der Waals surface area contributed by atoms with E-state index in [4.69, 9.17) is 4.74 Å². The second-order valence-electron chi connectivity index (χ2n) is 8.95. The highest BCUT2D eigenvalue weighted by Gasteiger charge is 2.34. The number of ether oxygens (including phenoxy) is 1. The van der Waals surface area contributed by atoms with E-state index in [2.05, 4.69) is 13.0 Å². The fourth-order valence-electron chi connectivity index (χ4n) is 5.17. The number of hydrogen-bond donors (Lipinski definition) is 1. The normalized spacial score (nSPS) is 29.8. The second kappa shape index (κ2) is 10.1. The van der Waals surface area contributed by atoms with Crippen LogP contribution in [0.1, 0.15) is 89.5 Å². The molecule has 1 N–H and O–H groups in total. The number of rotatable bonds is 8. The second-order valence-corrected chi connectivity index (χ2v) is 8.95. The fourth-order valence-corrected chi connectivity index (χ4v) is 5.17. The molecule has 0 aliphatic heterocycles. The Kier molecular flexibility index (Phi) is 7.72. The molecule has 0 heterocycles. The highest BCUT2D eigenvalue weighted by molar-refractivity contribution is 5.33. The molecule has 0 saturated heterocycles. The molecule has 2 aliphatic carbocycles. The molecule has 2 aliphatic rings. The number of aliphatic hydroxyl groups is 1. The molecule has 2 atom stereocenters. The van der Waals surface area contributed by atoms with E-state index in [0.717, 1.165) is 51.4 Å². The van der Waals surface area contributed by atoms with Gasteiger partial charge in [0.2, 0.25) is 5.82 Å². The molecular formula is C25H36F2O2. The average Bonchev–Trinajstić information content (AvgIpc) is 2.73. The van der Waals surface area contributed by atoms with E-state index in [-0.39, 0.29) is 11.7 Å². The Hall–Kier alpha value is -1.42. The molecule has 29 heavy (non-hydrogen) atoms. The summed E-state index contributed by atoms with van der Waals surface area (Å²) in [5.74, 6) is -0.433. The van der Waals surface area contributed by atoms with E-state index in [0.29, 0.717) is 24.0 Å². The molecular weight excluding hydrogens is 370 g/mol. The molecule has 0 aromatic heterocycles. The maximum absolute atomic E-state index is 14.5. The summed E-state index contributed by atoms with van der Waals surface area (Å²) >= 11 is 0. The van der Waals surface area contributed by atoms with E-state index in [1.807, 2.05) is 6.08 Å². The van der Waals surface area contributed by atoms with Crippen molar-refractivity contribution < 1.29 is 18.6 Å². The SMILES string of the molecule is CCCCCC1(O)C=CC([C@H]2CC[C@H](c3ccc(OCC)c(F)c3F)CC2)CC1. The maximum atomic E-state index is 14.5. The van der Waals surface area contributed by atoms with E-state index in [1.165, 1.54) is 12.8 Å². The van der Waals surface area contributed by atoms with Crippen molar-refractivity contribution in [1.29, 1.82) is 0 Å². The van der Waals surface area contributed by atoms with Gasteiger partial charge in [0.05, 0.1) is 12.2 Å². The molecule has 0 amide bonds. The van der Waals surface area contributed by atoms with Crippen LogP contribution < -0.4 is 4.74 Å². The largest absolute Gasteiger partial charge is 0.491 e. The lowest BCUT2D eigenvalue weighted by Crippen LogP contribution is -2.32. The van der Waals surface area contributed by atoms with Gasteiger partial charge in [-0.25, -0.2) is 4.39 Å². The summed E-state index contributed by atoms with van der Waals surface area (Å²) < 4.78 is 33.9. The number of hydrogen-bond acceptors (Lipinski definition) is 2. The zero-order valence-electron chi connectivity index (χ0n) is 17.9. The van der Waals surface area contributed by atoms with Crippen LogP contribution in [0, 0.1) is 23.5 Å². The molecule has 0 radical (unpaired) electrons. The van der Waals surface area contributed by atoms with Crippen LogP contribution in [-0.2, 0) is 0 Å². The minimum atomic E-state index is -0.857. The van der Waals surface area contributed by atoms with Crippen molar-refractivity contribution in [3.63, 3.8) is 0 Å². The predicted octanol–water partition coefficient (Wildman–Crippen LogP) is 6.91. The summed E-state index contributed by atoms with van der Waals surface area (Å²) in [6.07, 6.45) is 14.3. The Morgan fingerprint density at radius 2 is 1.79 bits per heavy atom. The predicted molar refractivity (Wildman–Crippen MR) is 113 cm³/mol. The number of benzene rings is 1. The van der Waals surface area contributed by atoms with Gasteiger partial charge in [0.25, 0.3) is 0 Å². The van der Waals surface area contributed by atoms with Crippen molar-refractivity contribution in [1.82, 2.24) is 0 Å². The van der Waals surface area contributed by atoms with Crippen molar-refractivity contribution in [2.75, 3.05) is 6.61 Å². The van der Waals surface area contributed by atoms with Crippen LogP contribution in [0.15, 0.2) is 24.3 Å². The molecule has 0 spiro atoms. The molecule has 1 aromatic carbocycles. The fraction of sp³-hybridized carbons (Fsp3) is 0.680. The number of unbranched alkanes of at least 4 members (excludes halogenated alkanes) is 2. The summed E-state index contributed by atoms with van der Waals surface area (Å²) in [7, 11) is 0. The minimum Gasteiger partial charge on any atom is -0.491 e. The third-order valence-corrected chi connectivity index (χ3v) is 6.97. The average molecular weight is 407 g/mol. The first kappa shape index (κ1) is 22.3. The zero-order chi connectivity index (χ0) is 20.9.